The van der Waals surface area contributed by atoms with Crippen molar-refractivity contribution in [3.05, 3.63) is 59.1 Å². The van der Waals surface area contributed by atoms with Crippen molar-refractivity contribution in [2.24, 2.45) is 11.1 Å². The van der Waals surface area contributed by atoms with Crippen molar-refractivity contribution in [2.45, 2.75) is 16.1 Å². The molecule has 3 rings (SSSR count). The number of ether oxygens (including phenoxy) is 2. The number of methoxy groups -OCH3 is 2. The number of benzene rings is 2. The van der Waals surface area contributed by atoms with E-state index in [1.165, 1.54) is 12.1 Å². The average molecular weight is 396 g/mol. The number of nitrogens with two attached hydrogens (primary N) is 1. The maximum Gasteiger partial charge on any atom is 0.182 e. The maximum absolute atomic E-state index is 13.3. The molecule has 26 heavy (non-hydrogen) atoms. The molecule has 5 nitrogen and oxygen atoms in total. The summed E-state index contributed by atoms with van der Waals surface area (Å²) < 4.78 is 37.1. The van der Waals surface area contributed by atoms with Crippen LogP contribution in [0.5, 0.6) is 5.75 Å². The van der Waals surface area contributed by atoms with E-state index in [1.807, 2.05) is 24.3 Å². The number of hydrogen-bond donors (Lipinski definition) is 1. The summed E-state index contributed by atoms with van der Waals surface area (Å²) in [5.41, 5.74) is 6.30. The lowest BCUT2D eigenvalue weighted by Crippen LogP contribution is -2.28. The van der Waals surface area contributed by atoms with Gasteiger partial charge in [0.05, 0.1) is 23.9 Å². The van der Waals surface area contributed by atoms with E-state index in [9.17, 15) is 8.42 Å². The van der Waals surface area contributed by atoms with Gasteiger partial charge in [-0.25, -0.2) is 8.42 Å². The Kier molecular flexibility index (Phi) is 5.30. The number of halogens is 1. The fourth-order valence-corrected chi connectivity index (χ4v) is 6.34. The molecule has 0 aliphatic heterocycles. The quantitative estimate of drug-likeness (QED) is 0.779. The van der Waals surface area contributed by atoms with Gasteiger partial charge in [0.1, 0.15) is 5.75 Å². The average Bonchev–Trinajstić information content (AvgIpc) is 3.32. The number of rotatable bonds is 7. The SMILES string of the molecule is COC[C@]1(CN)[C@H](c2ccc(OC)cc2)[C@H]1S(=O)(=O)c1ccc(Cl)cc1. The molecule has 0 radical (unpaired) electrons. The molecule has 0 unspecified atom stereocenters. The van der Waals surface area contributed by atoms with Crippen molar-refractivity contribution in [1.29, 1.82) is 0 Å². The third-order valence-corrected chi connectivity index (χ3v) is 7.72. The minimum absolute atomic E-state index is 0.217. The molecule has 1 aliphatic rings. The molecule has 1 fully saturated rings. The Morgan fingerprint density at radius 3 is 2.19 bits per heavy atom. The first-order chi connectivity index (χ1) is 12.4. The lowest BCUT2D eigenvalue weighted by atomic mass is 10.00. The van der Waals surface area contributed by atoms with Crippen LogP contribution in [-0.2, 0) is 14.6 Å². The molecule has 0 aromatic heterocycles. The fraction of sp³-hybridized carbons (Fsp3) is 0.368. The second-order valence-corrected chi connectivity index (χ2v) is 9.05. The van der Waals surface area contributed by atoms with Gasteiger partial charge < -0.3 is 15.2 Å². The van der Waals surface area contributed by atoms with Crippen molar-refractivity contribution in [1.82, 2.24) is 0 Å². The van der Waals surface area contributed by atoms with Crippen molar-refractivity contribution >= 4 is 21.4 Å². The first kappa shape index (κ1) is 19.2. The summed E-state index contributed by atoms with van der Waals surface area (Å²) in [5.74, 6) is 0.482. The normalized spacial score (nSPS) is 25.1. The second kappa shape index (κ2) is 7.19. The van der Waals surface area contributed by atoms with Gasteiger partial charge in [0.25, 0.3) is 0 Å². The summed E-state index contributed by atoms with van der Waals surface area (Å²) in [7, 11) is -0.433. The van der Waals surface area contributed by atoms with Crippen molar-refractivity contribution in [3.63, 3.8) is 0 Å². The molecule has 1 saturated carbocycles. The minimum atomic E-state index is -3.59. The van der Waals surface area contributed by atoms with Gasteiger partial charge >= 0.3 is 0 Å². The highest BCUT2D eigenvalue weighted by atomic mass is 35.5. The maximum atomic E-state index is 13.3. The Bertz CT molecular complexity index is 867. The van der Waals surface area contributed by atoms with Crippen LogP contribution < -0.4 is 10.5 Å². The van der Waals surface area contributed by atoms with Crippen LogP contribution in [0.15, 0.2) is 53.4 Å². The fourth-order valence-electron chi connectivity index (χ4n) is 3.77. The lowest BCUT2D eigenvalue weighted by Gasteiger charge is -2.15. The Hall–Kier alpha value is -1.60. The topological polar surface area (TPSA) is 78.6 Å². The van der Waals surface area contributed by atoms with Crippen LogP contribution in [0.1, 0.15) is 11.5 Å². The zero-order chi connectivity index (χ0) is 18.9. The molecule has 0 spiro atoms. The van der Waals surface area contributed by atoms with E-state index in [2.05, 4.69) is 0 Å². The highest BCUT2D eigenvalue weighted by Gasteiger charge is 2.70. The van der Waals surface area contributed by atoms with Crippen LogP contribution >= 0.6 is 11.6 Å². The first-order valence-corrected chi connectivity index (χ1v) is 10.2. The first-order valence-electron chi connectivity index (χ1n) is 8.23. The van der Waals surface area contributed by atoms with Gasteiger partial charge in [-0.05, 0) is 42.0 Å². The van der Waals surface area contributed by atoms with E-state index in [0.717, 1.165) is 11.3 Å². The summed E-state index contributed by atoms with van der Waals surface area (Å²) in [6, 6.07) is 13.7. The molecule has 0 bridgehead atoms. The standard InChI is InChI=1S/C19H22ClNO4S/c1-24-12-19(11-21)17(13-3-7-15(25-2)8-4-13)18(19)26(22,23)16-9-5-14(20)6-10-16/h3-10,17-18H,11-12,21H2,1-2H3/t17-,18-,19-/m1/s1. The molecule has 2 N–H and O–H groups in total. The van der Waals surface area contributed by atoms with Crippen LogP contribution in [0.3, 0.4) is 0 Å². The molecule has 1 aliphatic carbocycles. The van der Waals surface area contributed by atoms with Gasteiger partial charge in [-0.15, -0.1) is 0 Å². The van der Waals surface area contributed by atoms with E-state index >= 15 is 0 Å². The molecule has 0 heterocycles. The Morgan fingerprint density at radius 2 is 1.69 bits per heavy atom. The molecule has 2 aromatic rings. The smallest absolute Gasteiger partial charge is 0.182 e. The Labute approximate surface area is 159 Å². The predicted octanol–water partition coefficient (Wildman–Crippen LogP) is 2.88. The van der Waals surface area contributed by atoms with E-state index in [1.54, 1.807) is 26.4 Å². The van der Waals surface area contributed by atoms with Crippen LogP contribution in [0, 0.1) is 5.41 Å². The molecule has 3 atom stereocenters. The highest BCUT2D eigenvalue weighted by molar-refractivity contribution is 7.92. The molecular weight excluding hydrogens is 374 g/mol. The minimum Gasteiger partial charge on any atom is -0.497 e. The van der Waals surface area contributed by atoms with E-state index < -0.39 is 20.5 Å². The van der Waals surface area contributed by atoms with Gasteiger partial charge in [-0.2, -0.15) is 0 Å². The van der Waals surface area contributed by atoms with Gasteiger partial charge in [0.15, 0.2) is 9.84 Å². The monoisotopic (exact) mass is 395 g/mol. The molecule has 2 aromatic carbocycles. The van der Waals surface area contributed by atoms with Crippen LogP contribution in [0.2, 0.25) is 5.02 Å². The van der Waals surface area contributed by atoms with Crippen LogP contribution in [-0.4, -0.2) is 41.0 Å². The van der Waals surface area contributed by atoms with E-state index in [4.69, 9.17) is 26.8 Å². The third kappa shape index (κ3) is 3.11. The largest absolute Gasteiger partial charge is 0.497 e. The molecule has 0 saturated heterocycles. The van der Waals surface area contributed by atoms with Gasteiger partial charge in [-0.1, -0.05) is 23.7 Å². The lowest BCUT2D eigenvalue weighted by molar-refractivity contribution is 0.142. The Balaban J connectivity index is 2.03. The predicted molar refractivity (Wildman–Crippen MR) is 102 cm³/mol. The molecule has 7 heteroatoms. The molecular formula is C19H22ClNO4S. The summed E-state index contributed by atoms with van der Waals surface area (Å²) in [6.07, 6.45) is 0. The van der Waals surface area contributed by atoms with Crippen LogP contribution in [0.4, 0.5) is 0 Å². The van der Waals surface area contributed by atoms with Crippen LogP contribution in [0.25, 0.3) is 0 Å². The van der Waals surface area contributed by atoms with Gasteiger partial charge in [0, 0.05) is 30.0 Å². The van der Waals surface area contributed by atoms with Crippen molar-refractivity contribution in [2.75, 3.05) is 27.4 Å². The Morgan fingerprint density at radius 1 is 1.08 bits per heavy atom. The zero-order valence-electron chi connectivity index (χ0n) is 14.7. The number of sulfone groups is 1. The van der Waals surface area contributed by atoms with Crippen molar-refractivity contribution in [3.8, 4) is 5.75 Å². The van der Waals surface area contributed by atoms with E-state index in [-0.39, 0.29) is 24.0 Å². The highest BCUT2D eigenvalue weighted by Crippen LogP contribution is 2.63. The van der Waals surface area contributed by atoms with E-state index in [0.29, 0.717) is 5.02 Å². The van der Waals surface area contributed by atoms with Crippen molar-refractivity contribution < 1.29 is 17.9 Å². The molecule has 140 valence electrons. The number of hydrogen-bond acceptors (Lipinski definition) is 5. The molecule has 0 amide bonds. The second-order valence-electron chi connectivity index (χ2n) is 6.54. The summed E-state index contributed by atoms with van der Waals surface area (Å²) in [4.78, 5) is 0.247. The third-order valence-electron chi connectivity index (χ3n) is 5.12. The summed E-state index contributed by atoms with van der Waals surface area (Å²) in [5, 5.41) is -0.150. The summed E-state index contributed by atoms with van der Waals surface area (Å²) in [6.45, 7) is 0.493. The van der Waals surface area contributed by atoms with Gasteiger partial charge in [0.2, 0.25) is 0 Å². The zero-order valence-corrected chi connectivity index (χ0v) is 16.3. The summed E-state index contributed by atoms with van der Waals surface area (Å²) >= 11 is 5.90. The van der Waals surface area contributed by atoms with Gasteiger partial charge in [-0.3, -0.25) is 0 Å².